The van der Waals surface area contributed by atoms with E-state index < -0.39 is 11.8 Å². The second-order valence-electron chi connectivity index (χ2n) is 6.72. The Morgan fingerprint density at radius 1 is 1.10 bits per heavy atom. The Balaban J connectivity index is 1.77. The summed E-state index contributed by atoms with van der Waals surface area (Å²) in [6, 6.07) is 15.2. The van der Waals surface area contributed by atoms with Gasteiger partial charge in [-0.1, -0.05) is 42.5 Å². The van der Waals surface area contributed by atoms with Crippen molar-refractivity contribution < 1.29 is 14.2 Å². The van der Waals surface area contributed by atoms with Gasteiger partial charge in [0.2, 0.25) is 0 Å². The first-order valence-corrected chi connectivity index (χ1v) is 9.33. The van der Waals surface area contributed by atoms with Crippen molar-refractivity contribution in [3.8, 4) is 0 Å². The smallest absolute Gasteiger partial charge is 0.316 e. The number of esters is 1. The molecule has 0 aliphatic carbocycles. The molecule has 4 aromatic rings. The van der Waals surface area contributed by atoms with Gasteiger partial charge in [-0.2, -0.15) is 5.10 Å². The number of ether oxygens (including phenoxy) is 1. The number of aliphatic imine (C=N–C) groups is 1. The number of benzene rings is 2. The molecule has 0 fully saturated rings. The van der Waals surface area contributed by atoms with E-state index in [0.717, 1.165) is 16.7 Å². The van der Waals surface area contributed by atoms with E-state index in [0.29, 0.717) is 22.6 Å². The summed E-state index contributed by atoms with van der Waals surface area (Å²) in [6.07, 6.45) is 1.70. The molecule has 0 radical (unpaired) electrons. The van der Waals surface area contributed by atoms with Crippen LogP contribution in [-0.2, 0) is 9.53 Å². The lowest BCUT2D eigenvalue weighted by Gasteiger charge is -2.30. The van der Waals surface area contributed by atoms with Crippen LogP contribution in [0.15, 0.2) is 64.3 Å². The maximum absolute atomic E-state index is 13.2. The van der Waals surface area contributed by atoms with Gasteiger partial charge in [-0.25, -0.2) is 9.62 Å². The largest absolute Gasteiger partial charge is 0.465 e. The van der Waals surface area contributed by atoms with Crippen LogP contribution in [0.3, 0.4) is 0 Å². The molecule has 2 aromatic heterocycles. The van der Waals surface area contributed by atoms with E-state index in [9.17, 15) is 4.79 Å². The first kappa shape index (κ1) is 17.3. The SMILES string of the molecule is CCOC(=O)C1C(c2ccccc2)=Nc2[nH]ncc2C1c1cccc2nonc12. The van der Waals surface area contributed by atoms with E-state index in [4.69, 9.17) is 14.4 Å². The molecule has 2 unspecified atom stereocenters. The van der Waals surface area contributed by atoms with E-state index >= 15 is 0 Å². The van der Waals surface area contributed by atoms with Crippen molar-refractivity contribution in [3.05, 3.63) is 71.4 Å². The van der Waals surface area contributed by atoms with Gasteiger partial charge in [-0.3, -0.25) is 9.89 Å². The van der Waals surface area contributed by atoms with Gasteiger partial charge in [0, 0.05) is 11.5 Å². The van der Waals surface area contributed by atoms with Gasteiger partial charge in [0.1, 0.15) is 17.0 Å². The van der Waals surface area contributed by atoms with Crippen molar-refractivity contribution in [2.75, 3.05) is 6.61 Å². The van der Waals surface area contributed by atoms with E-state index in [-0.39, 0.29) is 12.6 Å². The van der Waals surface area contributed by atoms with E-state index in [2.05, 4.69) is 20.5 Å². The van der Waals surface area contributed by atoms with Crippen molar-refractivity contribution in [1.82, 2.24) is 20.5 Å². The van der Waals surface area contributed by atoms with E-state index in [1.807, 2.05) is 48.5 Å². The minimum Gasteiger partial charge on any atom is -0.465 e. The van der Waals surface area contributed by atoms with Gasteiger partial charge in [0.05, 0.1) is 18.5 Å². The third-order valence-corrected chi connectivity index (χ3v) is 5.11. The molecule has 8 nitrogen and oxygen atoms in total. The van der Waals surface area contributed by atoms with Crippen LogP contribution in [0.2, 0.25) is 0 Å². The normalized spacial score (nSPS) is 18.3. The average molecular weight is 387 g/mol. The molecule has 0 spiro atoms. The van der Waals surface area contributed by atoms with Crippen LogP contribution in [0, 0.1) is 5.92 Å². The summed E-state index contributed by atoms with van der Waals surface area (Å²) in [7, 11) is 0. The average Bonchev–Trinajstić information content (AvgIpc) is 3.42. The molecule has 0 amide bonds. The van der Waals surface area contributed by atoms with E-state index in [1.54, 1.807) is 13.1 Å². The fraction of sp³-hybridized carbons (Fsp3) is 0.190. The molecule has 1 aliphatic heterocycles. The van der Waals surface area contributed by atoms with Crippen molar-refractivity contribution in [2.45, 2.75) is 12.8 Å². The molecule has 3 heterocycles. The predicted molar refractivity (Wildman–Crippen MR) is 105 cm³/mol. The topological polar surface area (TPSA) is 106 Å². The molecule has 8 heteroatoms. The second kappa shape index (κ2) is 6.97. The van der Waals surface area contributed by atoms with Crippen LogP contribution >= 0.6 is 0 Å². The monoisotopic (exact) mass is 387 g/mol. The molecule has 1 N–H and O–H groups in total. The molecule has 0 saturated carbocycles. The third-order valence-electron chi connectivity index (χ3n) is 5.11. The second-order valence-corrected chi connectivity index (χ2v) is 6.72. The number of carbonyl (C=O) groups excluding carboxylic acids is 1. The number of carbonyl (C=O) groups is 1. The summed E-state index contributed by atoms with van der Waals surface area (Å²) >= 11 is 0. The van der Waals surface area contributed by atoms with Gasteiger partial charge in [-0.15, -0.1) is 0 Å². The lowest BCUT2D eigenvalue weighted by molar-refractivity contribution is -0.145. The van der Waals surface area contributed by atoms with Crippen LogP contribution in [0.1, 0.15) is 29.5 Å². The van der Waals surface area contributed by atoms with Crippen LogP contribution in [0.4, 0.5) is 5.82 Å². The Bertz CT molecular complexity index is 1210. The number of nitrogens with one attached hydrogen (secondary N) is 1. The number of fused-ring (bicyclic) bond motifs is 2. The molecule has 5 rings (SSSR count). The number of rotatable bonds is 4. The maximum Gasteiger partial charge on any atom is 0.316 e. The van der Waals surface area contributed by atoms with Gasteiger partial charge in [0.25, 0.3) is 0 Å². The fourth-order valence-corrected chi connectivity index (χ4v) is 3.89. The first-order valence-electron chi connectivity index (χ1n) is 9.33. The fourth-order valence-electron chi connectivity index (χ4n) is 3.89. The predicted octanol–water partition coefficient (Wildman–Crippen LogP) is 3.39. The number of hydrogen-bond donors (Lipinski definition) is 1. The van der Waals surface area contributed by atoms with Gasteiger partial charge >= 0.3 is 5.97 Å². The summed E-state index contributed by atoms with van der Waals surface area (Å²) in [5.41, 5.74) is 4.32. The summed E-state index contributed by atoms with van der Waals surface area (Å²) in [4.78, 5) is 17.9. The number of hydrogen-bond acceptors (Lipinski definition) is 7. The minimum atomic E-state index is -0.662. The molecule has 1 aliphatic rings. The first-order chi connectivity index (χ1) is 14.3. The highest BCUT2D eigenvalue weighted by molar-refractivity contribution is 6.15. The van der Waals surface area contributed by atoms with Crippen molar-refractivity contribution in [1.29, 1.82) is 0 Å². The van der Waals surface area contributed by atoms with Crippen LogP contribution < -0.4 is 0 Å². The van der Waals surface area contributed by atoms with Gasteiger partial charge in [-0.05, 0) is 34.4 Å². The standard InChI is InChI=1S/C21H17N5O3/c1-2-28-21(27)17-16(13-9-6-10-15-19(13)26-29-25-15)14-11-22-24-20(14)23-18(17)12-7-4-3-5-8-12/h3-11,16-17H,2H2,1H3,(H,22,24). The van der Waals surface area contributed by atoms with Crippen molar-refractivity contribution >= 4 is 28.5 Å². The Morgan fingerprint density at radius 2 is 1.97 bits per heavy atom. The zero-order valence-electron chi connectivity index (χ0n) is 15.6. The van der Waals surface area contributed by atoms with Crippen LogP contribution in [0.25, 0.3) is 11.0 Å². The number of H-pyrrole nitrogens is 1. The quantitative estimate of drug-likeness (QED) is 0.538. The van der Waals surface area contributed by atoms with Gasteiger partial charge in [0.15, 0.2) is 5.82 Å². The third kappa shape index (κ3) is 2.80. The molecule has 0 saturated heterocycles. The van der Waals surface area contributed by atoms with E-state index in [1.165, 1.54) is 0 Å². The number of aromatic amines is 1. The number of nitrogens with zero attached hydrogens (tertiary/aromatic N) is 4. The Morgan fingerprint density at radius 3 is 2.79 bits per heavy atom. The highest BCUT2D eigenvalue weighted by Gasteiger charge is 2.42. The zero-order valence-corrected chi connectivity index (χ0v) is 15.6. The van der Waals surface area contributed by atoms with Crippen molar-refractivity contribution in [2.24, 2.45) is 10.9 Å². The molecule has 144 valence electrons. The number of aromatic nitrogens is 4. The molecular formula is C21H17N5O3. The zero-order chi connectivity index (χ0) is 19.8. The lowest BCUT2D eigenvalue weighted by atomic mass is 9.75. The summed E-state index contributed by atoms with van der Waals surface area (Å²) in [6.45, 7) is 2.07. The Hall–Kier alpha value is -3.81. The summed E-state index contributed by atoms with van der Waals surface area (Å²) < 4.78 is 10.4. The molecule has 2 aromatic carbocycles. The molecule has 29 heavy (non-hydrogen) atoms. The highest BCUT2D eigenvalue weighted by atomic mass is 16.6. The summed E-state index contributed by atoms with van der Waals surface area (Å²) in [5.74, 6) is -0.792. The molecule has 2 atom stereocenters. The maximum atomic E-state index is 13.2. The molecular weight excluding hydrogens is 370 g/mol. The highest BCUT2D eigenvalue weighted by Crippen LogP contribution is 2.44. The van der Waals surface area contributed by atoms with Crippen LogP contribution in [-0.4, -0.2) is 38.8 Å². The minimum absolute atomic E-state index is 0.276. The van der Waals surface area contributed by atoms with Gasteiger partial charge < -0.3 is 4.74 Å². The Kier molecular flexibility index (Phi) is 4.16. The Labute approximate surface area is 165 Å². The lowest BCUT2D eigenvalue weighted by Crippen LogP contribution is -2.35. The molecule has 0 bridgehead atoms. The van der Waals surface area contributed by atoms with Crippen molar-refractivity contribution in [3.63, 3.8) is 0 Å². The summed E-state index contributed by atoms with van der Waals surface area (Å²) in [5, 5.41) is 15.1. The van der Waals surface area contributed by atoms with Crippen LogP contribution in [0.5, 0.6) is 0 Å².